The van der Waals surface area contributed by atoms with Crippen molar-refractivity contribution in [2.45, 2.75) is 33.0 Å². The van der Waals surface area contributed by atoms with Gasteiger partial charge < -0.3 is 25.1 Å². The maximum Gasteiger partial charge on any atom is 0.344 e. The van der Waals surface area contributed by atoms with Crippen LogP contribution in [0.4, 0.5) is 5.82 Å². The Balaban J connectivity index is 2.14. The molecule has 2 heterocycles. The lowest BCUT2D eigenvalue weighted by Crippen LogP contribution is -2.23. The van der Waals surface area contributed by atoms with E-state index in [0.29, 0.717) is 48.9 Å². The van der Waals surface area contributed by atoms with E-state index in [1.54, 1.807) is 18.2 Å². The molecule has 1 aromatic heterocycles. The smallest absolute Gasteiger partial charge is 0.344 e. The molecule has 1 atom stereocenters. The van der Waals surface area contributed by atoms with Crippen LogP contribution in [-0.4, -0.2) is 35.4 Å². The van der Waals surface area contributed by atoms with Crippen molar-refractivity contribution in [1.29, 1.82) is 5.26 Å². The van der Waals surface area contributed by atoms with Gasteiger partial charge >= 0.3 is 5.97 Å². The molecule has 8 nitrogen and oxygen atoms in total. The fraction of sp³-hybridized carbons (Fsp3) is 0.350. The average molecular weight is 383 g/mol. The van der Waals surface area contributed by atoms with E-state index in [0.717, 1.165) is 11.3 Å². The van der Waals surface area contributed by atoms with Crippen molar-refractivity contribution in [3.63, 3.8) is 0 Å². The summed E-state index contributed by atoms with van der Waals surface area (Å²) in [5.41, 5.74) is 9.30. The van der Waals surface area contributed by atoms with Crippen molar-refractivity contribution in [2.75, 3.05) is 18.9 Å². The molecule has 0 spiro atoms. The van der Waals surface area contributed by atoms with Crippen LogP contribution in [0, 0.1) is 11.3 Å². The van der Waals surface area contributed by atoms with Gasteiger partial charge in [-0.3, -0.25) is 0 Å². The Labute approximate surface area is 162 Å². The molecule has 1 aliphatic rings. The summed E-state index contributed by atoms with van der Waals surface area (Å²) in [7, 11) is 0. The number of fused-ring (bicyclic) bond motifs is 1. The number of anilines is 1. The summed E-state index contributed by atoms with van der Waals surface area (Å²) in [4.78, 5) is 15.5. The van der Waals surface area contributed by atoms with E-state index in [-0.39, 0.29) is 11.4 Å². The summed E-state index contributed by atoms with van der Waals surface area (Å²) in [6, 6.07) is 7.23. The summed E-state index contributed by atoms with van der Waals surface area (Å²) in [5.74, 6) is -0.202. The summed E-state index contributed by atoms with van der Waals surface area (Å²) in [5, 5.41) is 18.7. The van der Waals surface area contributed by atoms with Gasteiger partial charge in [-0.15, -0.1) is 0 Å². The number of nitriles is 1. The van der Waals surface area contributed by atoms with E-state index < -0.39 is 12.1 Å². The third-order valence-electron chi connectivity index (χ3n) is 4.44. The number of benzene rings is 1. The van der Waals surface area contributed by atoms with E-state index in [1.165, 1.54) is 6.92 Å². The highest BCUT2D eigenvalue weighted by atomic mass is 16.5. The zero-order valence-corrected chi connectivity index (χ0v) is 15.7. The van der Waals surface area contributed by atoms with E-state index in [2.05, 4.69) is 11.1 Å². The molecule has 0 radical (unpaired) electrons. The summed E-state index contributed by atoms with van der Waals surface area (Å²) < 4.78 is 16.7. The van der Waals surface area contributed by atoms with Gasteiger partial charge in [0, 0.05) is 17.5 Å². The minimum Gasteiger partial charge on any atom is -0.490 e. The normalized spacial score (nSPS) is 13.9. The number of carbonyl (C=O) groups is 1. The van der Waals surface area contributed by atoms with Crippen LogP contribution in [0.5, 0.6) is 11.5 Å². The summed E-state index contributed by atoms with van der Waals surface area (Å²) in [6.45, 7) is 4.51. The highest BCUT2D eigenvalue weighted by Gasteiger charge is 2.24. The SMILES string of the molecule is CCOc1cc(-c2c(C#N)c(N)nc3c2COCC3)ccc1OC(C)C(=O)O. The van der Waals surface area contributed by atoms with Gasteiger partial charge in [-0.25, -0.2) is 9.78 Å². The van der Waals surface area contributed by atoms with Crippen molar-refractivity contribution >= 4 is 11.8 Å². The fourth-order valence-corrected chi connectivity index (χ4v) is 3.10. The second-order valence-corrected chi connectivity index (χ2v) is 6.28. The first-order valence-corrected chi connectivity index (χ1v) is 8.92. The number of nitrogens with two attached hydrogens (primary N) is 1. The number of nitrogen functional groups attached to an aromatic ring is 1. The first kappa shape index (κ1) is 19.5. The molecular weight excluding hydrogens is 362 g/mol. The van der Waals surface area contributed by atoms with Crippen LogP contribution in [0.3, 0.4) is 0 Å². The van der Waals surface area contributed by atoms with Gasteiger partial charge in [-0.2, -0.15) is 5.26 Å². The topological polar surface area (TPSA) is 128 Å². The Morgan fingerprint density at radius 1 is 1.46 bits per heavy atom. The van der Waals surface area contributed by atoms with Crippen molar-refractivity contribution in [1.82, 2.24) is 4.98 Å². The molecule has 1 aromatic carbocycles. The number of carboxylic acid groups (broad SMARTS) is 1. The van der Waals surface area contributed by atoms with Gasteiger partial charge in [0.05, 0.1) is 25.5 Å². The zero-order chi connectivity index (χ0) is 20.3. The van der Waals surface area contributed by atoms with Gasteiger partial charge in [0.2, 0.25) is 0 Å². The summed E-state index contributed by atoms with van der Waals surface area (Å²) >= 11 is 0. The van der Waals surface area contributed by atoms with Gasteiger partial charge in [-0.1, -0.05) is 6.07 Å². The highest BCUT2D eigenvalue weighted by Crippen LogP contribution is 2.39. The first-order valence-electron chi connectivity index (χ1n) is 8.92. The largest absolute Gasteiger partial charge is 0.490 e. The lowest BCUT2D eigenvalue weighted by molar-refractivity contribution is -0.144. The van der Waals surface area contributed by atoms with Crippen LogP contribution in [0.1, 0.15) is 30.7 Å². The minimum atomic E-state index is -1.08. The van der Waals surface area contributed by atoms with Gasteiger partial charge in [0.1, 0.15) is 17.5 Å². The Hall–Kier alpha value is -3.31. The average Bonchev–Trinajstić information content (AvgIpc) is 2.68. The summed E-state index contributed by atoms with van der Waals surface area (Å²) in [6.07, 6.45) is -0.411. The molecule has 0 amide bonds. The van der Waals surface area contributed by atoms with Crippen molar-refractivity contribution < 1.29 is 24.1 Å². The van der Waals surface area contributed by atoms with Crippen molar-refractivity contribution in [3.05, 3.63) is 35.0 Å². The molecule has 3 N–H and O–H groups in total. The number of ether oxygens (including phenoxy) is 3. The van der Waals surface area contributed by atoms with E-state index in [1.807, 2.05) is 6.92 Å². The van der Waals surface area contributed by atoms with E-state index in [4.69, 9.17) is 25.1 Å². The van der Waals surface area contributed by atoms with E-state index >= 15 is 0 Å². The third-order valence-corrected chi connectivity index (χ3v) is 4.44. The van der Waals surface area contributed by atoms with Gasteiger partial charge in [0.15, 0.2) is 17.6 Å². The second kappa shape index (κ2) is 8.15. The van der Waals surface area contributed by atoms with Gasteiger partial charge in [0.25, 0.3) is 0 Å². The Morgan fingerprint density at radius 3 is 2.93 bits per heavy atom. The standard InChI is InChI=1S/C20H21N3O5/c1-3-27-17-8-12(4-5-16(17)28-11(2)20(24)25)18-13(9-21)19(22)23-15-6-7-26-10-14(15)18/h4-5,8,11H,3,6-7,10H2,1-2H3,(H2,22,23)(H,24,25). The molecule has 2 aromatic rings. The molecule has 8 heteroatoms. The van der Waals surface area contributed by atoms with Crippen LogP contribution in [-0.2, 0) is 22.6 Å². The molecule has 0 aliphatic carbocycles. The molecular formula is C20H21N3O5. The number of carboxylic acids is 1. The predicted molar refractivity (Wildman–Crippen MR) is 101 cm³/mol. The molecule has 0 saturated heterocycles. The zero-order valence-electron chi connectivity index (χ0n) is 15.7. The lowest BCUT2D eigenvalue weighted by atomic mass is 9.92. The molecule has 0 bridgehead atoms. The number of aliphatic carboxylic acids is 1. The molecule has 3 rings (SSSR count). The van der Waals surface area contributed by atoms with E-state index in [9.17, 15) is 10.1 Å². The molecule has 1 unspecified atom stereocenters. The minimum absolute atomic E-state index is 0.177. The molecule has 0 fully saturated rings. The first-order chi connectivity index (χ1) is 13.5. The number of hydrogen-bond donors (Lipinski definition) is 2. The van der Waals surface area contributed by atoms with Gasteiger partial charge in [-0.05, 0) is 31.5 Å². The third kappa shape index (κ3) is 3.70. The number of pyridine rings is 1. The molecule has 146 valence electrons. The number of hydrogen-bond acceptors (Lipinski definition) is 7. The molecule has 1 aliphatic heterocycles. The van der Waals surface area contributed by atoms with Crippen LogP contribution < -0.4 is 15.2 Å². The quantitative estimate of drug-likeness (QED) is 0.779. The number of nitrogens with zero attached hydrogens (tertiary/aromatic N) is 2. The maximum absolute atomic E-state index is 11.1. The lowest BCUT2D eigenvalue weighted by Gasteiger charge is -2.22. The van der Waals surface area contributed by atoms with Crippen molar-refractivity contribution in [2.24, 2.45) is 0 Å². The maximum atomic E-state index is 11.1. The van der Waals surface area contributed by atoms with Crippen LogP contribution in [0.2, 0.25) is 0 Å². The monoisotopic (exact) mass is 383 g/mol. The Morgan fingerprint density at radius 2 is 2.25 bits per heavy atom. The number of aromatic nitrogens is 1. The fourth-order valence-electron chi connectivity index (χ4n) is 3.10. The van der Waals surface area contributed by atoms with Crippen LogP contribution in [0.15, 0.2) is 18.2 Å². The molecule has 28 heavy (non-hydrogen) atoms. The molecule has 0 saturated carbocycles. The van der Waals surface area contributed by atoms with Crippen LogP contribution >= 0.6 is 0 Å². The van der Waals surface area contributed by atoms with Crippen molar-refractivity contribution in [3.8, 4) is 28.7 Å². The highest BCUT2D eigenvalue weighted by molar-refractivity contribution is 5.80. The second-order valence-electron chi connectivity index (χ2n) is 6.28. The Bertz CT molecular complexity index is 952. The number of rotatable bonds is 6. The van der Waals surface area contributed by atoms with Crippen LogP contribution in [0.25, 0.3) is 11.1 Å². The Kier molecular flexibility index (Phi) is 5.66. The predicted octanol–water partition coefficient (Wildman–Crippen LogP) is 2.53.